The smallest absolute Gasteiger partial charge is 0.231 e. The number of benzene rings is 1. The summed E-state index contributed by atoms with van der Waals surface area (Å²) >= 11 is 0. The second kappa shape index (κ2) is 7.52. The van der Waals surface area contributed by atoms with Gasteiger partial charge in [-0.25, -0.2) is 0 Å². The Morgan fingerprint density at radius 1 is 1.14 bits per heavy atom. The molecule has 0 aromatic heterocycles. The number of carbonyl (C=O) groups is 2. The van der Waals surface area contributed by atoms with Crippen LogP contribution in [0, 0.1) is 5.92 Å². The van der Waals surface area contributed by atoms with E-state index >= 15 is 0 Å². The predicted octanol–water partition coefficient (Wildman–Crippen LogP) is 1.72. The number of amides is 2. The van der Waals surface area contributed by atoms with Crippen LogP contribution in [0.25, 0.3) is 0 Å². The molecule has 156 valence electrons. The van der Waals surface area contributed by atoms with E-state index in [1.54, 1.807) is 0 Å². The number of fused-ring (bicyclic) bond motifs is 3. The van der Waals surface area contributed by atoms with Crippen LogP contribution in [0.15, 0.2) is 18.2 Å². The predicted molar refractivity (Wildman–Crippen MR) is 107 cm³/mol. The van der Waals surface area contributed by atoms with Crippen LogP contribution in [-0.4, -0.2) is 66.7 Å². The van der Waals surface area contributed by atoms with Crippen molar-refractivity contribution in [2.45, 2.75) is 50.6 Å². The number of rotatable bonds is 5. The van der Waals surface area contributed by atoms with Crippen molar-refractivity contribution in [2.75, 3.05) is 33.0 Å². The summed E-state index contributed by atoms with van der Waals surface area (Å²) in [5.74, 6) is 2.70. The Labute approximate surface area is 171 Å². The molecule has 0 aliphatic carbocycles. The van der Waals surface area contributed by atoms with Gasteiger partial charge in [0.05, 0.1) is 6.04 Å². The lowest BCUT2D eigenvalue weighted by atomic mass is 9.75. The molecular formula is C22H29N3O4. The maximum atomic E-state index is 13.1. The molecule has 3 atom stereocenters. The maximum Gasteiger partial charge on any atom is 0.231 e. The summed E-state index contributed by atoms with van der Waals surface area (Å²) in [5.41, 5.74) is 1.24. The minimum atomic E-state index is -0.0426. The van der Waals surface area contributed by atoms with Crippen molar-refractivity contribution in [3.8, 4) is 11.5 Å². The van der Waals surface area contributed by atoms with Gasteiger partial charge in [0.1, 0.15) is 0 Å². The molecule has 0 radical (unpaired) electrons. The van der Waals surface area contributed by atoms with E-state index in [9.17, 15) is 9.59 Å². The molecule has 29 heavy (non-hydrogen) atoms. The van der Waals surface area contributed by atoms with Gasteiger partial charge in [-0.1, -0.05) is 6.07 Å². The average Bonchev–Trinajstić information content (AvgIpc) is 3.37. The largest absolute Gasteiger partial charge is 0.454 e. The Balaban J connectivity index is 1.36. The highest BCUT2D eigenvalue weighted by Crippen LogP contribution is 2.48. The van der Waals surface area contributed by atoms with Crippen LogP contribution in [0.5, 0.6) is 11.5 Å². The number of hydrogen-bond acceptors (Lipinski definition) is 5. The first-order chi connectivity index (χ1) is 14.1. The first kappa shape index (κ1) is 18.7. The normalized spacial score (nSPS) is 31.6. The van der Waals surface area contributed by atoms with Crippen molar-refractivity contribution in [3.05, 3.63) is 23.8 Å². The number of likely N-dealkylation sites (tertiary alicyclic amines) is 1. The maximum absolute atomic E-state index is 13.1. The molecule has 5 aliphatic heterocycles. The molecule has 0 unspecified atom stereocenters. The summed E-state index contributed by atoms with van der Waals surface area (Å²) in [5, 5.41) is 2.79. The highest BCUT2D eigenvalue weighted by atomic mass is 16.7. The van der Waals surface area contributed by atoms with Crippen LogP contribution in [0.3, 0.4) is 0 Å². The molecule has 4 fully saturated rings. The first-order valence-corrected chi connectivity index (χ1v) is 10.8. The van der Waals surface area contributed by atoms with Crippen molar-refractivity contribution < 1.29 is 19.1 Å². The summed E-state index contributed by atoms with van der Waals surface area (Å²) in [4.78, 5) is 29.0. The molecule has 7 heteroatoms. The lowest BCUT2D eigenvalue weighted by molar-refractivity contribution is -0.136. The number of carbonyl (C=O) groups excluding carboxylic acids is 2. The van der Waals surface area contributed by atoms with Gasteiger partial charge in [-0.05, 0) is 56.0 Å². The van der Waals surface area contributed by atoms with Crippen LogP contribution in [0.1, 0.15) is 44.1 Å². The Morgan fingerprint density at radius 2 is 1.93 bits per heavy atom. The molecule has 7 nitrogen and oxygen atoms in total. The highest BCUT2D eigenvalue weighted by Gasteiger charge is 2.54. The number of piperidine rings is 3. The molecule has 5 aliphatic rings. The quantitative estimate of drug-likeness (QED) is 0.764. The third-order valence-corrected chi connectivity index (χ3v) is 7.08. The van der Waals surface area contributed by atoms with Crippen molar-refractivity contribution in [2.24, 2.45) is 5.92 Å². The van der Waals surface area contributed by atoms with Crippen LogP contribution < -0.4 is 14.8 Å². The van der Waals surface area contributed by atoms with E-state index in [4.69, 9.17) is 9.47 Å². The summed E-state index contributed by atoms with van der Waals surface area (Å²) in [6, 6.07) is 6.95. The zero-order valence-corrected chi connectivity index (χ0v) is 16.9. The number of ether oxygens (including phenoxy) is 2. The molecule has 0 saturated carbocycles. The van der Waals surface area contributed by atoms with Crippen LogP contribution >= 0.6 is 0 Å². The van der Waals surface area contributed by atoms with E-state index in [0.717, 1.165) is 31.1 Å². The van der Waals surface area contributed by atoms with E-state index in [1.165, 1.54) is 25.3 Å². The summed E-state index contributed by atoms with van der Waals surface area (Å²) in [6.07, 6.45) is 3.55. The zero-order valence-electron chi connectivity index (χ0n) is 16.9. The number of nitrogens with zero attached hydrogens (tertiary/aromatic N) is 2. The van der Waals surface area contributed by atoms with Gasteiger partial charge in [-0.15, -0.1) is 0 Å². The summed E-state index contributed by atoms with van der Waals surface area (Å²) < 4.78 is 11.1. The van der Waals surface area contributed by atoms with Gasteiger partial charge in [-0.2, -0.15) is 0 Å². The fourth-order valence-electron chi connectivity index (χ4n) is 5.79. The monoisotopic (exact) mass is 399 g/mol. The fourth-order valence-corrected chi connectivity index (χ4v) is 5.79. The van der Waals surface area contributed by atoms with Gasteiger partial charge < -0.3 is 19.7 Å². The van der Waals surface area contributed by atoms with Gasteiger partial charge in [0.15, 0.2) is 11.5 Å². The van der Waals surface area contributed by atoms with E-state index in [2.05, 4.69) is 27.2 Å². The molecule has 0 spiro atoms. The SMILES string of the molecule is CC(=O)NCCCC(=O)N1C[C@H](c2ccc3c(c2)OCO3)[C@H]2[C@@H]1C1CCN2CC1. The van der Waals surface area contributed by atoms with Gasteiger partial charge in [-0.3, -0.25) is 14.5 Å². The average molecular weight is 399 g/mol. The van der Waals surface area contributed by atoms with Crippen molar-refractivity contribution in [1.29, 1.82) is 0 Å². The van der Waals surface area contributed by atoms with Crippen molar-refractivity contribution >= 4 is 11.8 Å². The second-order valence-corrected chi connectivity index (χ2v) is 8.71. The molecule has 1 aromatic carbocycles. The molecule has 5 heterocycles. The van der Waals surface area contributed by atoms with Crippen molar-refractivity contribution in [1.82, 2.24) is 15.1 Å². The topological polar surface area (TPSA) is 71.1 Å². The second-order valence-electron chi connectivity index (χ2n) is 8.71. The molecule has 4 saturated heterocycles. The third kappa shape index (κ3) is 3.35. The zero-order chi connectivity index (χ0) is 20.0. The minimum Gasteiger partial charge on any atom is -0.454 e. The Hall–Kier alpha value is -2.28. The van der Waals surface area contributed by atoms with Gasteiger partial charge in [0.2, 0.25) is 18.6 Å². The standard InChI is InChI=1S/C22H29N3O4/c1-14(26)23-8-2-3-20(27)25-12-17(16-4-5-18-19(11-16)29-13-28-18)22-21(25)15-6-9-24(22)10-7-15/h4-5,11,15,17,21-22H,2-3,6-10,12-13H2,1H3,(H,23,26)/t17-,21+,22+/m1/s1. The third-order valence-electron chi connectivity index (χ3n) is 7.08. The molecule has 6 rings (SSSR count). The molecule has 2 bridgehead atoms. The highest BCUT2D eigenvalue weighted by molar-refractivity contribution is 5.77. The molecule has 1 N–H and O–H groups in total. The number of nitrogens with one attached hydrogen (secondary N) is 1. The first-order valence-electron chi connectivity index (χ1n) is 10.8. The van der Waals surface area contributed by atoms with Crippen LogP contribution in [0.2, 0.25) is 0 Å². The van der Waals surface area contributed by atoms with Gasteiger partial charge in [0.25, 0.3) is 0 Å². The summed E-state index contributed by atoms with van der Waals surface area (Å²) in [7, 11) is 0. The lowest BCUT2D eigenvalue weighted by Gasteiger charge is -2.51. The molecule has 2 amide bonds. The van der Waals surface area contributed by atoms with Gasteiger partial charge in [0, 0.05) is 38.4 Å². The Morgan fingerprint density at radius 3 is 2.72 bits per heavy atom. The van der Waals surface area contributed by atoms with Crippen LogP contribution in [-0.2, 0) is 9.59 Å². The van der Waals surface area contributed by atoms with E-state index in [0.29, 0.717) is 43.3 Å². The number of hydrogen-bond donors (Lipinski definition) is 1. The van der Waals surface area contributed by atoms with Gasteiger partial charge >= 0.3 is 0 Å². The van der Waals surface area contributed by atoms with E-state index in [-0.39, 0.29) is 18.6 Å². The minimum absolute atomic E-state index is 0.0426. The van der Waals surface area contributed by atoms with E-state index < -0.39 is 0 Å². The van der Waals surface area contributed by atoms with Crippen LogP contribution in [0.4, 0.5) is 0 Å². The Kier molecular flexibility index (Phi) is 4.86. The lowest BCUT2D eigenvalue weighted by Crippen LogP contribution is -2.60. The summed E-state index contributed by atoms with van der Waals surface area (Å²) in [6.45, 7) is 5.39. The van der Waals surface area contributed by atoms with Crippen molar-refractivity contribution in [3.63, 3.8) is 0 Å². The molecular weight excluding hydrogens is 370 g/mol. The molecule has 1 aromatic rings. The van der Waals surface area contributed by atoms with E-state index in [1.807, 2.05) is 6.07 Å². The Bertz CT molecular complexity index is 805. The fraction of sp³-hybridized carbons (Fsp3) is 0.636.